The maximum atomic E-state index is 5.52. The van der Waals surface area contributed by atoms with E-state index in [1.165, 1.54) is 0 Å². The van der Waals surface area contributed by atoms with Crippen LogP contribution in [-0.4, -0.2) is 33.2 Å². The van der Waals surface area contributed by atoms with Crippen molar-refractivity contribution in [1.82, 2.24) is 0 Å². The van der Waals surface area contributed by atoms with Gasteiger partial charge in [0.1, 0.15) is 0 Å². The first-order chi connectivity index (χ1) is 5.27. The standard InChI is InChI=1S/C8H16O3/c1-6-4-7(5-9-2)11-8(6)10-3/h6-8H,4-5H2,1-3H3/t6?,7-,8+/m0/s1. The van der Waals surface area contributed by atoms with Crippen LogP contribution in [0.25, 0.3) is 0 Å². The minimum Gasteiger partial charge on any atom is -0.382 e. The highest BCUT2D eigenvalue weighted by atomic mass is 16.7. The van der Waals surface area contributed by atoms with E-state index in [2.05, 4.69) is 6.92 Å². The fraction of sp³-hybridized carbons (Fsp3) is 1.00. The van der Waals surface area contributed by atoms with E-state index in [1.807, 2.05) is 0 Å². The van der Waals surface area contributed by atoms with Crippen LogP contribution in [0.1, 0.15) is 13.3 Å². The Kier molecular flexibility index (Phi) is 3.30. The Bertz CT molecular complexity index is 116. The molecule has 3 nitrogen and oxygen atoms in total. The lowest BCUT2D eigenvalue weighted by atomic mass is 10.1. The van der Waals surface area contributed by atoms with Gasteiger partial charge in [0.05, 0.1) is 12.7 Å². The molecule has 0 aromatic carbocycles. The maximum absolute atomic E-state index is 5.52. The topological polar surface area (TPSA) is 27.7 Å². The van der Waals surface area contributed by atoms with Crippen molar-refractivity contribution in [2.24, 2.45) is 5.92 Å². The molecule has 3 heteroatoms. The lowest BCUT2D eigenvalue weighted by molar-refractivity contribution is -0.138. The molecule has 0 bridgehead atoms. The molecule has 0 aromatic rings. The van der Waals surface area contributed by atoms with Gasteiger partial charge < -0.3 is 14.2 Å². The van der Waals surface area contributed by atoms with Crippen LogP contribution in [0.4, 0.5) is 0 Å². The van der Waals surface area contributed by atoms with Crippen LogP contribution in [0.2, 0.25) is 0 Å². The monoisotopic (exact) mass is 160 g/mol. The van der Waals surface area contributed by atoms with E-state index in [9.17, 15) is 0 Å². The molecule has 1 fully saturated rings. The molecule has 1 aliphatic rings. The Morgan fingerprint density at radius 2 is 2.18 bits per heavy atom. The highest BCUT2D eigenvalue weighted by Gasteiger charge is 2.31. The van der Waals surface area contributed by atoms with Crippen LogP contribution in [0.5, 0.6) is 0 Å². The molecule has 1 aliphatic heterocycles. The Morgan fingerprint density at radius 3 is 2.64 bits per heavy atom. The van der Waals surface area contributed by atoms with E-state index in [0.29, 0.717) is 12.5 Å². The van der Waals surface area contributed by atoms with Gasteiger partial charge in [0.15, 0.2) is 6.29 Å². The van der Waals surface area contributed by atoms with E-state index >= 15 is 0 Å². The lowest BCUT2D eigenvalue weighted by Crippen LogP contribution is -2.18. The molecule has 0 N–H and O–H groups in total. The summed E-state index contributed by atoms with van der Waals surface area (Å²) < 4.78 is 15.6. The van der Waals surface area contributed by atoms with Gasteiger partial charge in [-0.25, -0.2) is 0 Å². The number of methoxy groups -OCH3 is 2. The zero-order valence-corrected chi connectivity index (χ0v) is 7.37. The van der Waals surface area contributed by atoms with Gasteiger partial charge in [-0.15, -0.1) is 0 Å². The molecule has 0 aliphatic carbocycles. The molecule has 0 saturated carbocycles. The van der Waals surface area contributed by atoms with Crippen molar-refractivity contribution in [3.63, 3.8) is 0 Å². The summed E-state index contributed by atoms with van der Waals surface area (Å²) >= 11 is 0. The van der Waals surface area contributed by atoms with Crippen LogP contribution >= 0.6 is 0 Å². The fourth-order valence-electron chi connectivity index (χ4n) is 1.49. The average Bonchev–Trinajstić information content (AvgIpc) is 2.32. The second-order valence-corrected chi connectivity index (χ2v) is 3.03. The largest absolute Gasteiger partial charge is 0.382 e. The summed E-state index contributed by atoms with van der Waals surface area (Å²) in [6, 6.07) is 0. The summed E-state index contributed by atoms with van der Waals surface area (Å²) in [6.45, 7) is 2.80. The second-order valence-electron chi connectivity index (χ2n) is 3.03. The summed E-state index contributed by atoms with van der Waals surface area (Å²) in [4.78, 5) is 0. The van der Waals surface area contributed by atoms with Crippen LogP contribution < -0.4 is 0 Å². The van der Waals surface area contributed by atoms with Crippen molar-refractivity contribution in [1.29, 1.82) is 0 Å². The third kappa shape index (κ3) is 2.15. The van der Waals surface area contributed by atoms with Crippen molar-refractivity contribution in [2.75, 3.05) is 20.8 Å². The normalized spacial score (nSPS) is 37.9. The Balaban J connectivity index is 2.30. The molecule has 0 aromatic heterocycles. The molecule has 0 radical (unpaired) electrons. The van der Waals surface area contributed by atoms with E-state index in [-0.39, 0.29) is 12.4 Å². The van der Waals surface area contributed by atoms with Crippen molar-refractivity contribution in [2.45, 2.75) is 25.7 Å². The first-order valence-electron chi connectivity index (χ1n) is 3.95. The molecular formula is C8H16O3. The molecular weight excluding hydrogens is 144 g/mol. The molecule has 1 saturated heterocycles. The number of rotatable bonds is 3. The van der Waals surface area contributed by atoms with Crippen LogP contribution in [0.3, 0.4) is 0 Å². The number of hydrogen-bond acceptors (Lipinski definition) is 3. The van der Waals surface area contributed by atoms with Crippen molar-refractivity contribution < 1.29 is 14.2 Å². The molecule has 66 valence electrons. The van der Waals surface area contributed by atoms with Gasteiger partial charge >= 0.3 is 0 Å². The molecule has 11 heavy (non-hydrogen) atoms. The maximum Gasteiger partial charge on any atom is 0.160 e. The van der Waals surface area contributed by atoms with Crippen molar-refractivity contribution in [3.8, 4) is 0 Å². The smallest absolute Gasteiger partial charge is 0.160 e. The second kappa shape index (κ2) is 4.04. The zero-order valence-electron chi connectivity index (χ0n) is 7.37. The predicted octanol–water partition coefficient (Wildman–Crippen LogP) is 1.03. The SMILES string of the molecule is COC[C@@H]1CC(C)[C@H](OC)O1. The quantitative estimate of drug-likeness (QED) is 0.617. The van der Waals surface area contributed by atoms with E-state index in [0.717, 1.165) is 6.42 Å². The number of ether oxygens (including phenoxy) is 3. The highest BCUT2D eigenvalue weighted by Crippen LogP contribution is 2.26. The van der Waals surface area contributed by atoms with Gasteiger partial charge in [-0.2, -0.15) is 0 Å². The van der Waals surface area contributed by atoms with Gasteiger partial charge in [0.2, 0.25) is 0 Å². The van der Waals surface area contributed by atoms with Crippen LogP contribution in [-0.2, 0) is 14.2 Å². The Morgan fingerprint density at radius 1 is 1.45 bits per heavy atom. The van der Waals surface area contributed by atoms with E-state index < -0.39 is 0 Å². The van der Waals surface area contributed by atoms with Crippen LogP contribution in [0, 0.1) is 5.92 Å². The van der Waals surface area contributed by atoms with Gasteiger partial charge in [-0.3, -0.25) is 0 Å². The Hall–Kier alpha value is -0.120. The summed E-state index contributed by atoms with van der Waals surface area (Å²) in [7, 11) is 3.37. The minimum absolute atomic E-state index is 0.0323. The predicted molar refractivity (Wildman–Crippen MR) is 41.3 cm³/mol. The van der Waals surface area contributed by atoms with Gasteiger partial charge in [-0.1, -0.05) is 6.92 Å². The Labute approximate surface area is 67.6 Å². The molecule has 0 amide bonds. The van der Waals surface area contributed by atoms with Gasteiger partial charge in [-0.05, 0) is 6.42 Å². The molecule has 3 atom stereocenters. The summed E-state index contributed by atoms with van der Waals surface area (Å²) in [5, 5.41) is 0. The molecule has 1 unspecified atom stereocenters. The summed E-state index contributed by atoms with van der Waals surface area (Å²) in [5.41, 5.74) is 0. The van der Waals surface area contributed by atoms with Gasteiger partial charge in [0, 0.05) is 20.1 Å². The van der Waals surface area contributed by atoms with E-state index in [1.54, 1.807) is 14.2 Å². The molecule has 0 spiro atoms. The first kappa shape index (κ1) is 8.97. The van der Waals surface area contributed by atoms with Crippen molar-refractivity contribution >= 4 is 0 Å². The average molecular weight is 160 g/mol. The molecule has 1 rings (SSSR count). The minimum atomic E-state index is -0.0323. The third-order valence-corrected chi connectivity index (χ3v) is 2.01. The summed E-state index contributed by atoms with van der Waals surface area (Å²) in [5.74, 6) is 0.486. The van der Waals surface area contributed by atoms with Gasteiger partial charge in [0.25, 0.3) is 0 Å². The number of hydrogen-bond donors (Lipinski definition) is 0. The first-order valence-corrected chi connectivity index (χ1v) is 3.95. The fourth-order valence-corrected chi connectivity index (χ4v) is 1.49. The van der Waals surface area contributed by atoms with E-state index in [4.69, 9.17) is 14.2 Å². The third-order valence-electron chi connectivity index (χ3n) is 2.01. The highest BCUT2D eigenvalue weighted by molar-refractivity contribution is 4.73. The summed E-state index contributed by atoms with van der Waals surface area (Å²) in [6.07, 6.45) is 1.22. The molecule has 1 heterocycles. The van der Waals surface area contributed by atoms with Crippen LogP contribution in [0.15, 0.2) is 0 Å². The zero-order chi connectivity index (χ0) is 8.27. The van der Waals surface area contributed by atoms with Crippen molar-refractivity contribution in [3.05, 3.63) is 0 Å². The lowest BCUT2D eigenvalue weighted by Gasteiger charge is -2.12.